The molecule has 8 nitrogen and oxygen atoms in total. The van der Waals surface area contributed by atoms with E-state index in [0.717, 1.165) is 5.56 Å². The number of rotatable bonds is 4. The fraction of sp³-hybridized carbons (Fsp3) is 0.0870. The number of nitrogens with one attached hydrogen (secondary N) is 2. The van der Waals surface area contributed by atoms with E-state index in [1.54, 1.807) is 37.3 Å². The minimum absolute atomic E-state index is 0.236. The van der Waals surface area contributed by atoms with Crippen LogP contribution >= 0.6 is 0 Å². The van der Waals surface area contributed by atoms with Crippen molar-refractivity contribution < 1.29 is 13.7 Å². The zero-order valence-corrected chi connectivity index (χ0v) is 17.2. The molecule has 5 rings (SSSR count). The number of anilines is 1. The Morgan fingerprint density at radius 1 is 1.03 bits per heavy atom. The normalized spacial score (nSPS) is 11.1. The maximum Gasteiger partial charge on any atom is 0.259 e. The molecule has 3 heterocycles. The maximum atomic E-state index is 13.3. The Hall–Kier alpha value is -4.40. The molecule has 0 saturated heterocycles. The molecule has 0 unspecified atom stereocenters. The van der Waals surface area contributed by atoms with E-state index < -0.39 is 0 Å². The predicted molar refractivity (Wildman–Crippen MR) is 116 cm³/mol. The summed E-state index contributed by atoms with van der Waals surface area (Å²) in [5.41, 5.74) is 3.61. The minimum atomic E-state index is -0.357. The predicted octanol–water partition coefficient (Wildman–Crippen LogP) is 4.68. The molecule has 0 aliphatic carbocycles. The summed E-state index contributed by atoms with van der Waals surface area (Å²) in [6.45, 7) is 3.56. The largest absolute Gasteiger partial charge is 0.335 e. The first-order valence-corrected chi connectivity index (χ1v) is 9.82. The lowest BCUT2D eigenvalue weighted by Gasteiger charge is -2.09. The molecule has 0 atom stereocenters. The number of halogens is 1. The summed E-state index contributed by atoms with van der Waals surface area (Å²) in [7, 11) is 0. The summed E-state index contributed by atoms with van der Waals surface area (Å²) in [5, 5.41) is 14.3. The molecular formula is C23H17FN6O2. The Balaban J connectivity index is 1.53. The SMILES string of the molecule is Cc1nc(-c2cccc(NC(=O)c3cc(-c4ccc(F)cc4)nc4onc(C)c34)c2)n[nH]1. The minimum Gasteiger partial charge on any atom is -0.335 e. The number of aromatic amines is 1. The molecule has 0 aliphatic heterocycles. The number of carbonyl (C=O) groups excluding carboxylic acids is 1. The van der Waals surface area contributed by atoms with E-state index in [4.69, 9.17) is 4.52 Å². The fourth-order valence-corrected chi connectivity index (χ4v) is 3.45. The molecule has 0 radical (unpaired) electrons. The lowest BCUT2D eigenvalue weighted by Crippen LogP contribution is -2.13. The van der Waals surface area contributed by atoms with Crippen LogP contribution in [0.1, 0.15) is 21.9 Å². The molecule has 9 heteroatoms. The summed E-state index contributed by atoms with van der Waals surface area (Å²) < 4.78 is 18.7. The van der Waals surface area contributed by atoms with Gasteiger partial charge in [0.05, 0.1) is 22.3 Å². The van der Waals surface area contributed by atoms with Crippen molar-refractivity contribution in [2.45, 2.75) is 13.8 Å². The molecule has 0 bridgehead atoms. The molecule has 3 aromatic heterocycles. The first kappa shape index (κ1) is 19.6. The van der Waals surface area contributed by atoms with Crippen molar-refractivity contribution in [3.8, 4) is 22.6 Å². The Morgan fingerprint density at radius 2 is 1.84 bits per heavy atom. The summed E-state index contributed by atoms with van der Waals surface area (Å²) in [6.07, 6.45) is 0. The number of pyridine rings is 1. The number of aryl methyl sites for hydroxylation is 2. The molecule has 0 spiro atoms. The van der Waals surface area contributed by atoms with Crippen LogP contribution in [0.15, 0.2) is 59.1 Å². The van der Waals surface area contributed by atoms with Gasteiger partial charge in [0.15, 0.2) is 5.82 Å². The van der Waals surface area contributed by atoms with Crippen LogP contribution in [-0.4, -0.2) is 31.2 Å². The molecule has 0 fully saturated rings. The van der Waals surface area contributed by atoms with Crippen molar-refractivity contribution in [3.05, 3.63) is 77.5 Å². The molecule has 2 aromatic carbocycles. The molecule has 5 aromatic rings. The van der Waals surface area contributed by atoms with E-state index in [1.165, 1.54) is 12.1 Å². The Morgan fingerprint density at radius 3 is 2.59 bits per heavy atom. The van der Waals surface area contributed by atoms with Crippen LogP contribution in [0.5, 0.6) is 0 Å². The zero-order valence-electron chi connectivity index (χ0n) is 17.2. The number of H-pyrrole nitrogens is 1. The summed E-state index contributed by atoms with van der Waals surface area (Å²) in [4.78, 5) is 22.0. The smallest absolute Gasteiger partial charge is 0.259 e. The van der Waals surface area contributed by atoms with Gasteiger partial charge >= 0.3 is 0 Å². The van der Waals surface area contributed by atoms with Crippen molar-refractivity contribution in [1.82, 2.24) is 25.3 Å². The highest BCUT2D eigenvalue weighted by Gasteiger charge is 2.20. The second-order valence-corrected chi connectivity index (χ2v) is 7.29. The number of nitrogens with zero attached hydrogens (tertiary/aromatic N) is 4. The monoisotopic (exact) mass is 428 g/mol. The van der Waals surface area contributed by atoms with Crippen molar-refractivity contribution >= 4 is 22.7 Å². The van der Waals surface area contributed by atoms with E-state index in [0.29, 0.717) is 45.2 Å². The van der Waals surface area contributed by atoms with Crippen LogP contribution in [0.3, 0.4) is 0 Å². The lowest BCUT2D eigenvalue weighted by molar-refractivity contribution is 0.102. The second kappa shape index (κ2) is 7.69. The quantitative estimate of drug-likeness (QED) is 0.430. The Kier molecular flexibility index (Phi) is 4.70. The van der Waals surface area contributed by atoms with Crippen molar-refractivity contribution in [3.63, 3.8) is 0 Å². The standard InChI is InChI=1S/C23H17FN6O2/c1-12-20-18(11-19(27-23(20)32-30-12)14-6-8-16(24)9-7-14)22(31)26-17-5-3-4-15(10-17)21-25-13(2)28-29-21/h3-11H,1-2H3,(H,26,31)(H,25,28,29). The number of hydrogen-bond acceptors (Lipinski definition) is 6. The number of fused-ring (bicyclic) bond motifs is 1. The van der Waals surface area contributed by atoms with E-state index in [-0.39, 0.29) is 17.4 Å². The average Bonchev–Trinajstić information content (AvgIpc) is 3.39. The molecule has 2 N–H and O–H groups in total. The third kappa shape index (κ3) is 3.60. The number of aromatic nitrogens is 5. The lowest BCUT2D eigenvalue weighted by atomic mass is 10.0. The Bertz CT molecular complexity index is 1460. The van der Waals surface area contributed by atoms with Gasteiger partial charge in [0.1, 0.15) is 11.6 Å². The second-order valence-electron chi connectivity index (χ2n) is 7.29. The van der Waals surface area contributed by atoms with Crippen molar-refractivity contribution in [1.29, 1.82) is 0 Å². The van der Waals surface area contributed by atoms with E-state index in [9.17, 15) is 9.18 Å². The van der Waals surface area contributed by atoms with Gasteiger partial charge in [0, 0.05) is 16.8 Å². The molecular weight excluding hydrogens is 411 g/mol. The van der Waals surface area contributed by atoms with Crippen LogP contribution < -0.4 is 5.32 Å². The number of carbonyl (C=O) groups is 1. The van der Waals surface area contributed by atoms with Crippen molar-refractivity contribution in [2.24, 2.45) is 0 Å². The highest BCUT2D eigenvalue weighted by atomic mass is 19.1. The van der Waals surface area contributed by atoms with E-state index >= 15 is 0 Å². The van der Waals surface area contributed by atoms with Crippen LogP contribution in [0.25, 0.3) is 33.7 Å². The van der Waals surface area contributed by atoms with Gasteiger partial charge in [-0.1, -0.05) is 17.3 Å². The van der Waals surface area contributed by atoms with Gasteiger partial charge in [0.25, 0.3) is 11.6 Å². The third-order valence-electron chi connectivity index (χ3n) is 4.98. The first-order valence-electron chi connectivity index (χ1n) is 9.82. The molecule has 1 amide bonds. The zero-order chi connectivity index (χ0) is 22.2. The molecule has 0 saturated carbocycles. The highest BCUT2D eigenvalue weighted by molar-refractivity contribution is 6.13. The number of benzene rings is 2. The number of amides is 1. The summed E-state index contributed by atoms with van der Waals surface area (Å²) in [5.74, 6) is 0.531. The van der Waals surface area contributed by atoms with Gasteiger partial charge in [0.2, 0.25) is 0 Å². The van der Waals surface area contributed by atoms with E-state index in [2.05, 4.69) is 30.6 Å². The van der Waals surface area contributed by atoms with Crippen LogP contribution in [0, 0.1) is 19.7 Å². The van der Waals surface area contributed by atoms with Gasteiger partial charge in [-0.25, -0.2) is 14.4 Å². The topological polar surface area (TPSA) is 110 Å². The molecule has 158 valence electrons. The van der Waals surface area contributed by atoms with Crippen molar-refractivity contribution in [2.75, 3.05) is 5.32 Å². The van der Waals surface area contributed by atoms with Crippen LogP contribution in [-0.2, 0) is 0 Å². The third-order valence-corrected chi connectivity index (χ3v) is 4.98. The average molecular weight is 428 g/mol. The highest BCUT2D eigenvalue weighted by Crippen LogP contribution is 2.28. The van der Waals surface area contributed by atoms with Crippen LogP contribution in [0.4, 0.5) is 10.1 Å². The fourth-order valence-electron chi connectivity index (χ4n) is 3.45. The van der Waals surface area contributed by atoms with Gasteiger partial charge < -0.3 is 9.84 Å². The number of hydrogen-bond donors (Lipinski definition) is 2. The van der Waals surface area contributed by atoms with E-state index in [1.807, 2.05) is 19.1 Å². The maximum absolute atomic E-state index is 13.3. The van der Waals surface area contributed by atoms with Gasteiger partial charge in [-0.2, -0.15) is 5.10 Å². The Labute approximate surface area is 181 Å². The van der Waals surface area contributed by atoms with Gasteiger partial charge in [-0.05, 0) is 56.3 Å². The molecule has 0 aliphatic rings. The molecule has 32 heavy (non-hydrogen) atoms. The van der Waals surface area contributed by atoms with Gasteiger partial charge in [-0.3, -0.25) is 9.89 Å². The first-order chi connectivity index (χ1) is 15.5. The summed E-state index contributed by atoms with van der Waals surface area (Å²) in [6, 6.07) is 14.8. The van der Waals surface area contributed by atoms with Crippen LogP contribution in [0.2, 0.25) is 0 Å². The summed E-state index contributed by atoms with van der Waals surface area (Å²) >= 11 is 0. The van der Waals surface area contributed by atoms with Gasteiger partial charge in [-0.15, -0.1) is 0 Å².